The van der Waals surface area contributed by atoms with Gasteiger partial charge in [0.25, 0.3) is 0 Å². The minimum absolute atomic E-state index is 1.15. The fourth-order valence-electron chi connectivity index (χ4n) is 15.1. The zero-order chi connectivity index (χ0) is 99.1. The quantitative estimate of drug-likeness (QED) is 0.0339. The molecule has 1 aromatic carbocycles. The molecule has 144 heavy (non-hydrogen) atoms. The first-order valence-corrected chi connectivity index (χ1v) is 81.5. The number of nitrogens with zero attached hydrogens (tertiary/aromatic N) is 6. The van der Waals surface area contributed by atoms with Crippen LogP contribution in [0.15, 0.2) is 235 Å². The lowest BCUT2D eigenvalue weighted by atomic mass is 10.1. The highest BCUT2D eigenvalue weighted by molar-refractivity contribution is 8.47. The zero-order valence-electron chi connectivity index (χ0n) is 82.8. The summed E-state index contributed by atoms with van der Waals surface area (Å²) < 4.78 is 51.1. The molecule has 0 amide bonds. The SMILES string of the molecule is CCCCSC1=C(SCCCC)SC(=C2Sc3cn(-c4c(-n5cc6c(c5)SC(=C5SC(SCCCC)=C(SCCCC)S5)S6)c(-n5cc6c(c5)SC(=C5SC(SCCCC)=C(SCCCC)S5)S6)c(-n5cc6c(c5)SC(=C5SC(SCCCC)=C(SCCCC)S5)S6)c(-n5cc6c(c5)SC(=C5SC(SCCCC)=C(SCCCC)S5)S6)c4-n4cc5c(c4)SC(=C4SC(SCCCC)=C(SCCCC)S4)S5)cc3S2)S1. The molecule has 0 bridgehead atoms. The molecule has 12 aliphatic rings. The van der Waals surface area contributed by atoms with Gasteiger partial charge in [0.05, 0.1) is 136 Å². The lowest BCUT2D eigenvalue weighted by Crippen LogP contribution is -2.18. The van der Waals surface area contributed by atoms with Crippen LogP contribution < -0.4 is 0 Å². The molecule has 0 fully saturated rings. The summed E-state index contributed by atoms with van der Waals surface area (Å²) in [5.41, 5.74) is 6.92. The maximum atomic E-state index is 2.64. The predicted octanol–water partition coefficient (Wildman–Crippen LogP) is 48.4. The van der Waals surface area contributed by atoms with E-state index < -0.39 is 0 Å². The number of hydrogen-bond acceptors (Lipinski definition) is 36. The van der Waals surface area contributed by atoms with Crippen molar-refractivity contribution in [1.82, 2.24) is 27.4 Å². The molecule has 0 saturated carbocycles. The monoisotopic (exact) mass is 2580 g/mol. The number of fused-ring (bicyclic) bond motifs is 6. The Balaban J connectivity index is 0.840. The molecular formula is C102H120N6S36. The molecule has 42 heteroatoms. The van der Waals surface area contributed by atoms with E-state index in [1.54, 1.807) is 0 Å². The van der Waals surface area contributed by atoms with Gasteiger partial charge in [-0.3, -0.25) is 0 Å². The summed E-state index contributed by atoms with van der Waals surface area (Å²) in [6.45, 7) is 28.1. The third kappa shape index (κ3) is 28.7. The lowest BCUT2D eigenvalue weighted by molar-refractivity contribution is 0.879. The molecule has 18 heterocycles. The molecule has 0 N–H and O–H groups in total. The van der Waals surface area contributed by atoms with Crippen molar-refractivity contribution in [2.75, 3.05) is 69.0 Å². The molecule has 774 valence electrons. The van der Waals surface area contributed by atoms with E-state index in [1.807, 2.05) is 141 Å². The summed E-state index contributed by atoms with van der Waals surface area (Å²) in [6, 6.07) is 0. The molecule has 0 unspecified atom stereocenters. The van der Waals surface area contributed by atoms with E-state index in [0.717, 1.165) is 103 Å². The number of hydrogen-bond donors (Lipinski definition) is 0. The zero-order valence-corrected chi connectivity index (χ0v) is 112. The summed E-state index contributed by atoms with van der Waals surface area (Å²) in [4.78, 5) is 15.8. The summed E-state index contributed by atoms with van der Waals surface area (Å²) in [6.07, 6.45) is 60.2. The van der Waals surface area contributed by atoms with Crippen LogP contribution in [0.5, 0.6) is 0 Å². The number of thioether (sulfide) groups is 36. The van der Waals surface area contributed by atoms with Crippen molar-refractivity contribution in [2.45, 2.75) is 296 Å². The van der Waals surface area contributed by atoms with Gasteiger partial charge in [0.15, 0.2) is 0 Å². The van der Waals surface area contributed by atoms with Gasteiger partial charge >= 0.3 is 0 Å². The molecule has 0 radical (unpaired) electrons. The largest absolute Gasteiger partial charge is 0.318 e. The minimum atomic E-state index is 1.15. The van der Waals surface area contributed by atoms with Crippen molar-refractivity contribution in [3.63, 3.8) is 0 Å². The average molecular weight is 2580 g/mol. The normalized spacial score (nSPS) is 17.9. The van der Waals surface area contributed by atoms with Crippen LogP contribution in [0.1, 0.15) is 237 Å². The number of rotatable bonds is 54. The highest BCUT2D eigenvalue weighted by atomic mass is 32.3. The Morgan fingerprint density at radius 1 is 0.132 bits per heavy atom. The fourth-order valence-corrected chi connectivity index (χ4v) is 68.9. The van der Waals surface area contributed by atoms with Crippen molar-refractivity contribution in [3.05, 3.63) is 176 Å². The van der Waals surface area contributed by atoms with Gasteiger partial charge in [-0.1, -0.05) is 442 Å². The van der Waals surface area contributed by atoms with Gasteiger partial charge in [0.1, 0.15) is 0 Å². The van der Waals surface area contributed by atoms with Crippen LogP contribution in [0.25, 0.3) is 34.1 Å². The van der Waals surface area contributed by atoms with Crippen molar-refractivity contribution in [1.29, 1.82) is 0 Å². The van der Waals surface area contributed by atoms with E-state index >= 15 is 0 Å². The predicted molar refractivity (Wildman–Crippen MR) is 716 cm³/mol. The van der Waals surface area contributed by atoms with E-state index in [2.05, 4.69) is 467 Å². The molecule has 0 atom stereocenters. The Kier molecular flexibility index (Phi) is 47.3. The molecule has 12 aliphatic heterocycles. The number of unbranched alkanes of at least 4 members (excludes halogenated alkanes) is 12. The second kappa shape index (κ2) is 58.5. The van der Waals surface area contributed by atoms with Crippen LogP contribution in [0.4, 0.5) is 0 Å². The van der Waals surface area contributed by atoms with Crippen LogP contribution in [0.2, 0.25) is 0 Å². The Morgan fingerprint density at radius 3 is 0.299 bits per heavy atom. The molecule has 6 nitrogen and oxygen atoms in total. The maximum absolute atomic E-state index is 2.64. The summed E-state index contributed by atoms with van der Waals surface area (Å²) in [7, 11) is 0. The molecule has 7 aromatic rings. The highest BCUT2D eigenvalue weighted by Gasteiger charge is 2.43. The molecule has 0 saturated heterocycles. The summed E-state index contributed by atoms with van der Waals surface area (Å²) >= 11 is 74.0. The van der Waals surface area contributed by atoms with Gasteiger partial charge in [-0.05, 0) is 146 Å². The van der Waals surface area contributed by atoms with E-state index in [4.69, 9.17) is 0 Å². The number of aromatic nitrogens is 6. The number of benzene rings is 1. The molecule has 19 rings (SSSR count). The Bertz CT molecular complexity index is 4990. The van der Waals surface area contributed by atoms with Crippen LogP contribution in [0.3, 0.4) is 0 Å². The van der Waals surface area contributed by atoms with Crippen LogP contribution in [0, 0.1) is 0 Å². The first-order valence-electron chi connectivity index (χ1n) is 50.1. The van der Waals surface area contributed by atoms with Gasteiger partial charge < -0.3 is 27.4 Å². The Morgan fingerprint density at radius 2 is 0.215 bits per heavy atom. The first kappa shape index (κ1) is 116. The van der Waals surface area contributed by atoms with Gasteiger partial charge in [-0.2, -0.15) is 0 Å². The van der Waals surface area contributed by atoms with Crippen LogP contribution in [-0.4, -0.2) is 96.4 Å². The first-order chi connectivity index (χ1) is 70.8. The van der Waals surface area contributed by atoms with Crippen LogP contribution in [-0.2, 0) is 0 Å². The fraction of sp³-hybridized carbons (Fsp3) is 0.471. The van der Waals surface area contributed by atoms with Gasteiger partial charge in [0, 0.05) is 133 Å². The summed E-state index contributed by atoms with van der Waals surface area (Å²) in [5.74, 6) is 13.9. The second-order valence-electron chi connectivity index (χ2n) is 34.2. The van der Waals surface area contributed by atoms with Crippen molar-refractivity contribution >= 4 is 423 Å². The van der Waals surface area contributed by atoms with E-state index in [1.165, 1.54) is 315 Å². The maximum Gasteiger partial charge on any atom is 0.0982 e. The van der Waals surface area contributed by atoms with E-state index in [0.29, 0.717) is 0 Å². The van der Waals surface area contributed by atoms with Crippen molar-refractivity contribution < 1.29 is 0 Å². The Labute approximate surface area is 1010 Å². The standard InChI is InChI=1S/C102H120N6S36/c1-13-25-37-109-79-80(110-38-26-14-2)134-97(133-79)91-121-61-49-103(50-62(61)122-91)73-74(104-51-63-64(52-104)124-92(123-63)98-135-81(111-39-27-15-3)82(136-98)112-40-28-16-4)76(106-55-67-68(56-106)128-94(127-67)100-139-85(115-43-31-19-7)86(140-100)116-44-32-20-8)78(108-59-71-72(60-108)132-96(131-71)102-143-89(119-47-35-23-11)90(144-102)120-48-36-24-12)77(107-57-69-70(58-107)130-95(129-69)101-141-87(117-45-33-21-9)88(142-101)118-46-34-22-10)75(73)105-53-65-66(54-105)126-93(125-65)99-137-83(113-41-29-17-5)84(138-99)114-42-30-18-6/h49-60H,13-48H2,1-12H3. The van der Waals surface area contributed by atoms with E-state index in [9.17, 15) is 0 Å². The molecule has 0 aliphatic carbocycles. The van der Waals surface area contributed by atoms with Gasteiger partial charge in [-0.25, -0.2) is 0 Å². The van der Waals surface area contributed by atoms with Crippen molar-refractivity contribution in [3.8, 4) is 34.1 Å². The van der Waals surface area contributed by atoms with Gasteiger partial charge in [-0.15, -0.1) is 141 Å². The molecular weight excluding hydrogens is 2460 g/mol. The smallest absolute Gasteiger partial charge is 0.0982 e. The Hall–Kier alpha value is 4.38. The second-order valence-corrected chi connectivity index (χ2v) is 78.6. The lowest BCUT2D eigenvalue weighted by Gasteiger charge is -2.29. The van der Waals surface area contributed by atoms with Crippen molar-refractivity contribution in [2.24, 2.45) is 0 Å². The third-order valence-electron chi connectivity index (χ3n) is 22.9. The van der Waals surface area contributed by atoms with Crippen LogP contribution >= 0.6 is 423 Å². The molecule has 0 spiro atoms. The minimum Gasteiger partial charge on any atom is -0.318 e. The highest BCUT2D eigenvalue weighted by Crippen LogP contribution is 2.73. The van der Waals surface area contributed by atoms with E-state index in [-0.39, 0.29) is 0 Å². The third-order valence-corrected chi connectivity index (χ3v) is 75.2. The summed E-state index contributed by atoms with van der Waals surface area (Å²) in [5, 5.41) is 0. The topological polar surface area (TPSA) is 29.6 Å². The molecule has 6 aromatic heterocycles. The average Bonchev–Trinajstić information content (AvgIpc) is 1.50. The van der Waals surface area contributed by atoms with Gasteiger partial charge in [0.2, 0.25) is 0 Å².